The highest BCUT2D eigenvalue weighted by Gasteiger charge is 2.39. The molecule has 0 aromatic heterocycles. The van der Waals surface area contributed by atoms with Gasteiger partial charge in [-0.15, -0.1) is 0 Å². The van der Waals surface area contributed by atoms with Gasteiger partial charge in [0.15, 0.2) is 0 Å². The Kier molecular flexibility index (Phi) is 6.86. The number of amides is 3. The first kappa shape index (κ1) is 24.1. The van der Waals surface area contributed by atoms with Crippen LogP contribution >= 0.6 is 46.4 Å². The zero-order chi connectivity index (χ0) is 24.6. The number of hydrogen-bond acceptors (Lipinski definition) is 4. The van der Waals surface area contributed by atoms with Gasteiger partial charge in [0.25, 0.3) is 17.7 Å². The first-order valence-corrected chi connectivity index (χ1v) is 11.3. The summed E-state index contributed by atoms with van der Waals surface area (Å²) in [5.41, 5.74) is 2.18. The smallest absolute Gasteiger partial charge is 0.283 e. The van der Waals surface area contributed by atoms with Gasteiger partial charge in [0, 0.05) is 32.0 Å². The molecule has 172 valence electrons. The van der Waals surface area contributed by atoms with Crippen LogP contribution in [0.5, 0.6) is 0 Å². The van der Waals surface area contributed by atoms with Gasteiger partial charge in [-0.3, -0.25) is 14.4 Å². The van der Waals surface area contributed by atoms with Crippen molar-refractivity contribution in [2.24, 2.45) is 0 Å². The number of hydrogen-bond donors (Lipinski definition) is 2. The highest BCUT2D eigenvalue weighted by Crippen LogP contribution is 2.33. The van der Waals surface area contributed by atoms with Crippen LogP contribution in [0.15, 0.2) is 71.4 Å². The van der Waals surface area contributed by atoms with Crippen LogP contribution < -0.4 is 15.5 Å². The molecule has 4 rings (SSSR count). The number of imide groups is 1. The van der Waals surface area contributed by atoms with Crippen LogP contribution in [0.2, 0.25) is 15.1 Å². The van der Waals surface area contributed by atoms with Crippen molar-refractivity contribution in [2.45, 2.75) is 6.92 Å². The Morgan fingerprint density at radius 1 is 0.824 bits per heavy atom. The predicted molar refractivity (Wildman–Crippen MR) is 136 cm³/mol. The maximum Gasteiger partial charge on any atom is 0.283 e. The summed E-state index contributed by atoms with van der Waals surface area (Å²) in [5, 5.41) is 6.37. The Balaban J connectivity index is 1.56. The molecule has 0 atom stereocenters. The molecule has 6 nitrogen and oxygen atoms in total. The van der Waals surface area contributed by atoms with E-state index in [1.807, 2.05) is 6.92 Å². The number of anilines is 3. The fourth-order valence-electron chi connectivity index (χ4n) is 3.32. The minimum atomic E-state index is -0.724. The van der Waals surface area contributed by atoms with Crippen LogP contribution in [0.25, 0.3) is 0 Å². The molecule has 0 saturated heterocycles. The van der Waals surface area contributed by atoms with Crippen molar-refractivity contribution in [3.8, 4) is 0 Å². The van der Waals surface area contributed by atoms with E-state index in [-0.39, 0.29) is 32.4 Å². The molecular weight excluding hydrogens is 520 g/mol. The second-order valence-corrected chi connectivity index (χ2v) is 9.07. The van der Waals surface area contributed by atoms with Crippen LogP contribution in [-0.2, 0) is 9.59 Å². The van der Waals surface area contributed by atoms with Crippen molar-refractivity contribution in [3.63, 3.8) is 0 Å². The topological polar surface area (TPSA) is 78.5 Å². The van der Waals surface area contributed by atoms with Crippen LogP contribution in [0, 0.1) is 6.92 Å². The van der Waals surface area contributed by atoms with E-state index >= 15 is 0 Å². The van der Waals surface area contributed by atoms with Crippen molar-refractivity contribution in [1.29, 1.82) is 0 Å². The van der Waals surface area contributed by atoms with E-state index in [0.29, 0.717) is 22.0 Å². The lowest BCUT2D eigenvalue weighted by atomic mass is 10.1. The molecule has 2 N–H and O–H groups in total. The third-order valence-electron chi connectivity index (χ3n) is 4.97. The maximum absolute atomic E-state index is 13.0. The number of rotatable bonds is 5. The zero-order valence-corrected chi connectivity index (χ0v) is 20.5. The molecule has 1 heterocycles. The van der Waals surface area contributed by atoms with Gasteiger partial charge in [-0.1, -0.05) is 58.5 Å². The number of carbonyl (C=O) groups excluding carboxylic acids is 3. The SMILES string of the molecule is Cc1ccc(Cl)cc1NC(=O)c1cccc(NC2=C(Cl)C(=O)N(c3cc(Cl)cc(Cl)c3)C2=O)c1. The molecular formula is C24H15Cl4N3O3. The van der Waals surface area contributed by atoms with Crippen molar-refractivity contribution < 1.29 is 14.4 Å². The largest absolute Gasteiger partial charge is 0.350 e. The normalized spacial score (nSPS) is 13.5. The molecule has 0 aliphatic carbocycles. The fourth-order valence-corrected chi connectivity index (χ4v) is 4.22. The van der Waals surface area contributed by atoms with Crippen LogP contribution in [0.1, 0.15) is 15.9 Å². The summed E-state index contributed by atoms with van der Waals surface area (Å²) in [6.07, 6.45) is 0. The molecule has 0 bridgehead atoms. The number of nitrogens with one attached hydrogen (secondary N) is 2. The van der Waals surface area contributed by atoms with Gasteiger partial charge in [-0.05, 0) is 61.0 Å². The van der Waals surface area contributed by atoms with Crippen molar-refractivity contribution in [1.82, 2.24) is 0 Å². The molecule has 0 fully saturated rings. The zero-order valence-electron chi connectivity index (χ0n) is 17.5. The van der Waals surface area contributed by atoms with Crippen LogP contribution in [-0.4, -0.2) is 17.7 Å². The standard InChI is InChI=1S/C24H15Cl4N3O3/c1-12-5-6-14(25)11-19(12)30-22(32)13-3-2-4-17(7-13)29-21-20(28)23(33)31(24(21)34)18-9-15(26)8-16(27)10-18/h2-11,29H,1H3,(H,30,32). The second-order valence-electron chi connectivity index (χ2n) is 7.38. The summed E-state index contributed by atoms with van der Waals surface area (Å²) in [4.78, 5) is 39.3. The Labute approximate surface area is 215 Å². The maximum atomic E-state index is 13.0. The summed E-state index contributed by atoms with van der Waals surface area (Å²) in [6.45, 7) is 1.85. The minimum Gasteiger partial charge on any atom is -0.350 e. The summed E-state index contributed by atoms with van der Waals surface area (Å²) >= 11 is 24.2. The molecule has 0 spiro atoms. The van der Waals surface area contributed by atoms with Gasteiger partial charge >= 0.3 is 0 Å². The van der Waals surface area contributed by atoms with E-state index in [4.69, 9.17) is 46.4 Å². The van der Waals surface area contributed by atoms with E-state index in [9.17, 15) is 14.4 Å². The van der Waals surface area contributed by atoms with Gasteiger partial charge in [-0.25, -0.2) is 4.90 Å². The van der Waals surface area contributed by atoms with Crippen molar-refractivity contribution >= 4 is 81.2 Å². The molecule has 0 saturated carbocycles. The number of benzene rings is 3. The monoisotopic (exact) mass is 533 g/mol. The Morgan fingerprint density at radius 2 is 1.53 bits per heavy atom. The molecule has 3 aromatic rings. The molecule has 1 aliphatic heterocycles. The van der Waals surface area contributed by atoms with Gasteiger partial charge in [0.05, 0.1) is 5.69 Å². The summed E-state index contributed by atoms with van der Waals surface area (Å²) < 4.78 is 0. The van der Waals surface area contributed by atoms with Gasteiger partial charge in [0.1, 0.15) is 10.7 Å². The number of nitrogens with zero attached hydrogens (tertiary/aromatic N) is 1. The molecule has 10 heteroatoms. The molecule has 3 aromatic carbocycles. The Bertz CT molecular complexity index is 1370. The Morgan fingerprint density at radius 3 is 2.24 bits per heavy atom. The summed E-state index contributed by atoms with van der Waals surface area (Å²) in [7, 11) is 0. The molecule has 1 aliphatic rings. The van der Waals surface area contributed by atoms with Crippen molar-refractivity contribution in [2.75, 3.05) is 15.5 Å². The van der Waals surface area contributed by atoms with E-state index in [1.54, 1.807) is 36.4 Å². The van der Waals surface area contributed by atoms with Crippen LogP contribution in [0.3, 0.4) is 0 Å². The van der Waals surface area contributed by atoms with E-state index in [0.717, 1.165) is 10.5 Å². The highest BCUT2D eigenvalue weighted by molar-refractivity contribution is 6.53. The number of carbonyl (C=O) groups is 3. The molecule has 34 heavy (non-hydrogen) atoms. The fraction of sp³-hybridized carbons (Fsp3) is 0.0417. The van der Waals surface area contributed by atoms with Gasteiger partial charge < -0.3 is 10.6 Å². The van der Waals surface area contributed by atoms with E-state index in [1.165, 1.54) is 24.3 Å². The number of halogens is 4. The minimum absolute atomic E-state index is 0.133. The Hall–Kier alpha value is -3.03. The lowest BCUT2D eigenvalue weighted by Crippen LogP contribution is -2.32. The van der Waals surface area contributed by atoms with Crippen molar-refractivity contribution in [3.05, 3.63) is 97.6 Å². The lowest BCUT2D eigenvalue weighted by Gasteiger charge is -2.16. The van der Waals surface area contributed by atoms with Gasteiger partial charge in [0.2, 0.25) is 0 Å². The predicted octanol–water partition coefficient (Wildman–Crippen LogP) is 6.64. The molecule has 0 radical (unpaired) electrons. The average Bonchev–Trinajstić information content (AvgIpc) is 2.99. The number of aryl methyl sites for hydroxylation is 1. The first-order valence-electron chi connectivity index (χ1n) is 9.83. The first-order chi connectivity index (χ1) is 16.1. The summed E-state index contributed by atoms with van der Waals surface area (Å²) in [6, 6.07) is 15.9. The highest BCUT2D eigenvalue weighted by atomic mass is 35.5. The van der Waals surface area contributed by atoms with E-state index in [2.05, 4.69) is 10.6 Å². The van der Waals surface area contributed by atoms with Gasteiger partial charge in [-0.2, -0.15) is 0 Å². The second kappa shape index (κ2) is 9.68. The van der Waals surface area contributed by atoms with Crippen LogP contribution in [0.4, 0.5) is 17.1 Å². The average molecular weight is 535 g/mol. The van der Waals surface area contributed by atoms with E-state index < -0.39 is 11.8 Å². The lowest BCUT2D eigenvalue weighted by molar-refractivity contribution is -0.120. The quantitative estimate of drug-likeness (QED) is 0.359. The molecule has 0 unspecified atom stereocenters. The molecule has 3 amide bonds. The third-order valence-corrected chi connectivity index (χ3v) is 6.00. The summed E-state index contributed by atoms with van der Waals surface area (Å²) in [5.74, 6) is -1.78. The third kappa shape index (κ3) is 4.91.